The molecule has 0 aromatic heterocycles. The number of allylic oxidation sites excluding steroid dienone is 1. The van der Waals surface area contributed by atoms with E-state index in [-0.39, 0.29) is 5.78 Å². The number of Topliss-reactive ketones (excluding diaryl/α,β-unsaturated/α-hetero) is 1. The molecule has 0 amide bonds. The van der Waals surface area contributed by atoms with Crippen molar-refractivity contribution in [3.8, 4) is 0 Å². The van der Waals surface area contributed by atoms with Crippen LogP contribution >= 0.6 is 0 Å². The van der Waals surface area contributed by atoms with Crippen LogP contribution in [0.4, 0.5) is 0 Å². The second kappa shape index (κ2) is 7.56. The smallest absolute Gasteiger partial charge is 0.241 e. The van der Waals surface area contributed by atoms with Gasteiger partial charge < -0.3 is 9.16 Å². The Morgan fingerprint density at radius 2 is 1.84 bits per heavy atom. The minimum atomic E-state index is -1.82. The van der Waals surface area contributed by atoms with Crippen LogP contribution in [0.15, 0.2) is 47.1 Å². The summed E-state index contributed by atoms with van der Waals surface area (Å²) in [7, 11) is -1.60. The summed E-state index contributed by atoms with van der Waals surface area (Å²) >= 11 is 0. The van der Waals surface area contributed by atoms with Gasteiger partial charge in [0.2, 0.25) is 8.32 Å². The molecule has 4 atom stereocenters. The highest BCUT2D eigenvalue weighted by molar-refractivity contribution is 7.86. The molecule has 1 aromatic rings. The normalized spacial score (nSPS) is 28.2. The van der Waals surface area contributed by atoms with Crippen molar-refractivity contribution in [3.05, 3.63) is 42.2 Å². The molecule has 0 saturated heterocycles. The third kappa shape index (κ3) is 4.48. The fourth-order valence-electron chi connectivity index (χ4n) is 3.46. The highest BCUT2D eigenvalue weighted by atomic mass is 32.2. The predicted octanol–water partition coefficient (Wildman–Crippen LogP) is 3.91. The summed E-state index contributed by atoms with van der Waals surface area (Å²) in [6.45, 7) is 9.79. The van der Waals surface area contributed by atoms with Crippen LogP contribution in [-0.2, 0) is 24.8 Å². The highest BCUT2D eigenvalue weighted by Crippen LogP contribution is 2.43. The number of hydrogen-bond acceptors (Lipinski definition) is 4. The van der Waals surface area contributed by atoms with E-state index in [1.54, 1.807) is 14.0 Å². The fourth-order valence-corrected chi connectivity index (χ4v) is 6.14. The van der Waals surface area contributed by atoms with E-state index in [1.165, 1.54) is 0 Å². The molecular formula is C19H28O4SSi. The van der Waals surface area contributed by atoms with E-state index in [9.17, 15) is 9.00 Å². The summed E-state index contributed by atoms with van der Waals surface area (Å²) in [5.74, 6) is 0.296. The maximum Gasteiger partial charge on any atom is 0.241 e. The van der Waals surface area contributed by atoms with E-state index in [0.29, 0.717) is 6.42 Å². The SMILES string of the molecule is COC1C=C(O[Si](C)(C)C)CC(C)(S(=O)c2ccccc2)C1C(C)=O. The number of carbonyl (C=O) groups is 1. The van der Waals surface area contributed by atoms with E-state index < -0.39 is 35.9 Å². The molecule has 0 aliphatic heterocycles. The topological polar surface area (TPSA) is 52.6 Å². The number of methoxy groups -OCH3 is 1. The van der Waals surface area contributed by atoms with Crippen LogP contribution in [0, 0.1) is 5.92 Å². The largest absolute Gasteiger partial charge is 0.547 e. The molecule has 0 fully saturated rings. The van der Waals surface area contributed by atoms with Crippen LogP contribution in [-0.4, -0.2) is 36.3 Å². The zero-order chi connectivity index (χ0) is 18.8. The van der Waals surface area contributed by atoms with Crippen molar-refractivity contribution in [2.24, 2.45) is 5.92 Å². The molecule has 4 nitrogen and oxygen atoms in total. The van der Waals surface area contributed by atoms with Crippen molar-refractivity contribution in [1.82, 2.24) is 0 Å². The molecule has 1 aliphatic carbocycles. The summed E-state index contributed by atoms with van der Waals surface area (Å²) < 4.78 is 24.5. The van der Waals surface area contributed by atoms with E-state index in [4.69, 9.17) is 9.16 Å². The lowest BCUT2D eigenvalue weighted by atomic mass is 9.78. The average Bonchev–Trinajstić information content (AvgIpc) is 2.52. The summed E-state index contributed by atoms with van der Waals surface area (Å²) in [6, 6.07) is 9.32. The third-order valence-electron chi connectivity index (χ3n) is 4.39. The molecular weight excluding hydrogens is 352 g/mol. The van der Waals surface area contributed by atoms with Crippen LogP contribution in [0.3, 0.4) is 0 Å². The standard InChI is InChI=1S/C19H28O4SSi/c1-14(20)18-17(22-3)12-15(23-25(4,5)6)13-19(18,2)24(21)16-10-8-7-9-11-16/h7-12,17-18H,13H2,1-6H3. The quantitative estimate of drug-likeness (QED) is 0.702. The Bertz CT molecular complexity index is 680. The molecule has 0 heterocycles. The van der Waals surface area contributed by atoms with Gasteiger partial charge in [0.05, 0.1) is 33.3 Å². The Morgan fingerprint density at radius 1 is 1.24 bits per heavy atom. The van der Waals surface area contributed by atoms with Gasteiger partial charge in [-0.3, -0.25) is 9.00 Å². The summed E-state index contributed by atoms with van der Waals surface area (Å²) in [4.78, 5) is 13.2. The first-order chi connectivity index (χ1) is 11.6. The van der Waals surface area contributed by atoms with Crippen molar-refractivity contribution in [1.29, 1.82) is 0 Å². The van der Waals surface area contributed by atoms with Crippen molar-refractivity contribution in [2.75, 3.05) is 7.11 Å². The Labute approximate surface area is 154 Å². The van der Waals surface area contributed by atoms with Gasteiger partial charge in [-0.25, -0.2) is 0 Å². The Kier molecular flexibility index (Phi) is 6.07. The fraction of sp³-hybridized carbons (Fsp3) is 0.526. The third-order valence-corrected chi connectivity index (χ3v) is 7.21. The minimum Gasteiger partial charge on any atom is -0.547 e. The van der Waals surface area contributed by atoms with Crippen molar-refractivity contribution >= 4 is 24.9 Å². The van der Waals surface area contributed by atoms with Crippen LogP contribution < -0.4 is 0 Å². The lowest BCUT2D eigenvalue weighted by Gasteiger charge is -2.43. The van der Waals surface area contributed by atoms with Gasteiger partial charge in [-0.2, -0.15) is 0 Å². The molecule has 1 aliphatic rings. The van der Waals surface area contributed by atoms with E-state index in [1.807, 2.05) is 43.3 Å². The molecule has 25 heavy (non-hydrogen) atoms. The first-order valence-electron chi connectivity index (χ1n) is 8.48. The van der Waals surface area contributed by atoms with E-state index in [0.717, 1.165) is 10.7 Å². The molecule has 1 aromatic carbocycles. The van der Waals surface area contributed by atoms with Gasteiger partial charge in [0.15, 0.2) is 0 Å². The Hall–Kier alpha value is -1.24. The second-order valence-corrected chi connectivity index (χ2v) is 14.1. The monoisotopic (exact) mass is 380 g/mol. The van der Waals surface area contributed by atoms with Crippen molar-refractivity contribution < 1.29 is 18.2 Å². The van der Waals surface area contributed by atoms with Crippen molar-refractivity contribution in [2.45, 2.75) is 55.7 Å². The first-order valence-corrected chi connectivity index (χ1v) is 13.0. The predicted molar refractivity (Wildman–Crippen MR) is 103 cm³/mol. The zero-order valence-electron chi connectivity index (χ0n) is 15.9. The maximum absolute atomic E-state index is 13.4. The second-order valence-electron chi connectivity index (χ2n) is 7.71. The number of benzene rings is 1. The number of ketones is 1. The molecule has 138 valence electrons. The van der Waals surface area contributed by atoms with Crippen molar-refractivity contribution in [3.63, 3.8) is 0 Å². The van der Waals surface area contributed by atoms with Gasteiger partial charge >= 0.3 is 0 Å². The average molecular weight is 381 g/mol. The number of hydrogen-bond donors (Lipinski definition) is 0. The van der Waals surface area contributed by atoms with Gasteiger partial charge in [0, 0.05) is 18.4 Å². The molecule has 2 rings (SSSR count). The molecule has 0 radical (unpaired) electrons. The van der Waals surface area contributed by atoms with Gasteiger partial charge in [0.1, 0.15) is 5.78 Å². The molecule has 4 unspecified atom stereocenters. The van der Waals surface area contributed by atoms with Crippen LogP contribution in [0.1, 0.15) is 20.3 Å². The van der Waals surface area contributed by atoms with E-state index >= 15 is 0 Å². The van der Waals surface area contributed by atoms with Gasteiger partial charge in [-0.05, 0) is 51.7 Å². The zero-order valence-corrected chi connectivity index (χ0v) is 17.7. The van der Waals surface area contributed by atoms with Gasteiger partial charge in [-0.1, -0.05) is 18.2 Å². The Morgan fingerprint density at radius 3 is 2.32 bits per heavy atom. The molecule has 0 bridgehead atoms. The van der Waals surface area contributed by atoms with Crippen LogP contribution in [0.5, 0.6) is 0 Å². The highest BCUT2D eigenvalue weighted by Gasteiger charge is 2.50. The Balaban J connectivity index is 2.50. The number of carbonyl (C=O) groups excluding carboxylic acids is 1. The number of rotatable bonds is 6. The van der Waals surface area contributed by atoms with Crippen LogP contribution in [0.25, 0.3) is 0 Å². The summed E-state index contributed by atoms with van der Waals surface area (Å²) in [5, 5.41) is 0. The molecule has 0 saturated carbocycles. The summed E-state index contributed by atoms with van der Waals surface area (Å²) in [5.41, 5.74) is 0. The molecule has 6 heteroatoms. The van der Waals surface area contributed by atoms with Gasteiger partial charge in [-0.15, -0.1) is 0 Å². The minimum absolute atomic E-state index is 0.0121. The lowest BCUT2D eigenvalue weighted by molar-refractivity contribution is -0.125. The van der Waals surface area contributed by atoms with Gasteiger partial charge in [0.25, 0.3) is 0 Å². The first kappa shape index (κ1) is 20.1. The lowest BCUT2D eigenvalue weighted by Crippen LogP contribution is -2.52. The van der Waals surface area contributed by atoms with E-state index in [2.05, 4.69) is 19.6 Å². The molecule has 0 spiro atoms. The summed E-state index contributed by atoms with van der Waals surface area (Å²) in [6.07, 6.45) is 1.92. The number of ether oxygens (including phenoxy) is 1. The maximum atomic E-state index is 13.4. The molecule has 0 N–H and O–H groups in total. The van der Waals surface area contributed by atoms with Crippen LogP contribution in [0.2, 0.25) is 19.6 Å².